The topological polar surface area (TPSA) is 220 Å². The van der Waals surface area contributed by atoms with E-state index in [0.29, 0.717) is 35.4 Å². The summed E-state index contributed by atoms with van der Waals surface area (Å²) in [5.41, 5.74) is 13.5. The molecule has 0 aliphatic heterocycles. The van der Waals surface area contributed by atoms with Gasteiger partial charge in [-0.25, -0.2) is 14.8 Å². The number of carbonyl (C=O) groups excluding carboxylic acids is 1. The van der Waals surface area contributed by atoms with Gasteiger partial charge >= 0.3 is 11.9 Å². The molecular weight excluding hydrogens is 420 g/mol. The lowest BCUT2D eigenvalue weighted by atomic mass is 10.1. The number of fused-ring (bicyclic) bond motifs is 1. The van der Waals surface area contributed by atoms with E-state index >= 15 is 0 Å². The van der Waals surface area contributed by atoms with Gasteiger partial charge in [-0.1, -0.05) is 0 Å². The van der Waals surface area contributed by atoms with Crippen LogP contribution >= 0.6 is 0 Å². The van der Waals surface area contributed by atoms with E-state index in [0.717, 1.165) is 0 Å². The number of hydrogen-bond acceptors (Lipinski definition) is 10. The van der Waals surface area contributed by atoms with E-state index in [1.54, 1.807) is 12.3 Å². The summed E-state index contributed by atoms with van der Waals surface area (Å²) in [5, 5.41) is 20.1. The van der Waals surface area contributed by atoms with Crippen LogP contribution in [0.5, 0.6) is 0 Å². The molecule has 1 amide bonds. The van der Waals surface area contributed by atoms with Crippen LogP contribution < -0.4 is 16.8 Å². The van der Waals surface area contributed by atoms with Crippen molar-refractivity contribution in [1.82, 2.24) is 30.2 Å². The summed E-state index contributed by atoms with van der Waals surface area (Å²) >= 11 is 0. The fourth-order valence-corrected chi connectivity index (χ4v) is 2.83. The smallest absolute Gasteiger partial charge is 0.326 e. The van der Waals surface area contributed by atoms with E-state index in [4.69, 9.17) is 21.7 Å². The van der Waals surface area contributed by atoms with Crippen molar-refractivity contribution < 1.29 is 24.6 Å². The monoisotopic (exact) mass is 440 g/mol. The number of aliphatic carboxylic acids is 2. The maximum Gasteiger partial charge on any atom is 0.326 e. The summed E-state index contributed by atoms with van der Waals surface area (Å²) < 4.78 is 0. The Balaban J connectivity index is 1.62. The molecule has 32 heavy (non-hydrogen) atoms. The van der Waals surface area contributed by atoms with Crippen LogP contribution in [0.4, 0.5) is 11.8 Å². The zero-order valence-electron chi connectivity index (χ0n) is 16.7. The Hall–Kier alpha value is -4.42. The molecule has 0 saturated carbocycles. The first kappa shape index (κ1) is 22.3. The molecule has 1 unspecified atom stereocenters. The number of carbonyl (C=O) groups is 3. The van der Waals surface area contributed by atoms with Gasteiger partial charge < -0.3 is 27.0 Å². The fourth-order valence-electron chi connectivity index (χ4n) is 2.83. The third-order valence-electron chi connectivity index (χ3n) is 4.48. The average molecular weight is 440 g/mol. The fraction of sp³-hybridized carbons (Fsp3) is 0.263. The third-order valence-corrected chi connectivity index (χ3v) is 4.48. The summed E-state index contributed by atoms with van der Waals surface area (Å²) in [7, 11) is 0. The number of anilines is 2. The number of hydrogen-bond donors (Lipinski definition) is 5. The number of aryl methyl sites for hydroxylation is 2. The molecule has 0 aliphatic rings. The first-order chi connectivity index (χ1) is 15.2. The lowest BCUT2D eigenvalue weighted by Gasteiger charge is -2.13. The molecule has 3 aromatic heterocycles. The molecule has 13 heteroatoms. The highest BCUT2D eigenvalue weighted by molar-refractivity contribution is 5.96. The van der Waals surface area contributed by atoms with E-state index < -0.39 is 23.9 Å². The molecule has 1 atom stereocenters. The van der Waals surface area contributed by atoms with Crippen molar-refractivity contribution in [3.63, 3.8) is 0 Å². The molecule has 0 radical (unpaired) electrons. The molecule has 13 nitrogen and oxygen atoms in total. The van der Waals surface area contributed by atoms with Gasteiger partial charge in [0, 0.05) is 18.3 Å². The molecule has 3 heterocycles. The Bertz CT molecular complexity index is 1170. The van der Waals surface area contributed by atoms with Crippen LogP contribution in [-0.2, 0) is 22.4 Å². The molecule has 0 aliphatic carbocycles. The Morgan fingerprint density at radius 2 is 1.72 bits per heavy atom. The SMILES string of the molecule is Nc1nc(N)c2nc(CCc3ccc(C(=O)NC(CCC(=O)O)C(=O)O)cn3)cnc2n1. The molecule has 0 bridgehead atoms. The lowest BCUT2D eigenvalue weighted by Crippen LogP contribution is -2.41. The highest BCUT2D eigenvalue weighted by atomic mass is 16.4. The highest BCUT2D eigenvalue weighted by Crippen LogP contribution is 2.15. The molecule has 3 aromatic rings. The van der Waals surface area contributed by atoms with Gasteiger partial charge in [0.15, 0.2) is 17.0 Å². The standard InChI is InChI=1S/C19H20N8O5/c20-15-14-16(27-19(21)26-15)23-8-11(24-14)4-3-10-2-1-9(7-22-10)17(30)25-12(18(31)32)5-6-13(28)29/h1-2,7-8,12H,3-6H2,(H,25,30)(H,28,29)(H,31,32)(H4,20,21,23,26,27). The summed E-state index contributed by atoms with van der Waals surface area (Å²) in [6.45, 7) is 0. The van der Waals surface area contributed by atoms with Crippen molar-refractivity contribution in [2.75, 3.05) is 11.5 Å². The molecule has 0 fully saturated rings. The summed E-state index contributed by atoms with van der Waals surface area (Å²) in [4.78, 5) is 54.8. The van der Waals surface area contributed by atoms with Gasteiger partial charge in [-0.3, -0.25) is 14.6 Å². The number of aromatic nitrogens is 5. The van der Waals surface area contributed by atoms with Gasteiger partial charge in [-0.15, -0.1) is 0 Å². The molecular formula is C19H20N8O5. The highest BCUT2D eigenvalue weighted by Gasteiger charge is 2.21. The number of pyridine rings is 1. The van der Waals surface area contributed by atoms with Crippen molar-refractivity contribution in [1.29, 1.82) is 0 Å². The Morgan fingerprint density at radius 1 is 0.969 bits per heavy atom. The van der Waals surface area contributed by atoms with Crippen molar-refractivity contribution in [3.05, 3.63) is 41.5 Å². The zero-order valence-corrected chi connectivity index (χ0v) is 16.7. The molecule has 0 aromatic carbocycles. The second-order valence-corrected chi connectivity index (χ2v) is 6.84. The van der Waals surface area contributed by atoms with E-state index in [1.807, 2.05) is 0 Å². The Kier molecular flexibility index (Phi) is 6.68. The van der Waals surface area contributed by atoms with Crippen LogP contribution in [0.3, 0.4) is 0 Å². The quantitative estimate of drug-likeness (QED) is 0.292. The summed E-state index contributed by atoms with van der Waals surface area (Å²) in [6.07, 6.45) is 3.25. The minimum absolute atomic E-state index is 0.0157. The van der Waals surface area contributed by atoms with Crippen molar-refractivity contribution >= 4 is 40.8 Å². The predicted molar refractivity (Wildman–Crippen MR) is 111 cm³/mol. The van der Waals surface area contributed by atoms with Gasteiger partial charge in [0.25, 0.3) is 5.91 Å². The van der Waals surface area contributed by atoms with E-state index in [1.165, 1.54) is 12.3 Å². The Labute approximate surface area is 180 Å². The largest absolute Gasteiger partial charge is 0.481 e. The molecule has 3 rings (SSSR count). The molecule has 7 N–H and O–H groups in total. The number of rotatable bonds is 9. The molecule has 166 valence electrons. The normalized spacial score (nSPS) is 11.8. The lowest BCUT2D eigenvalue weighted by molar-refractivity contribution is -0.140. The average Bonchev–Trinajstić information content (AvgIpc) is 2.75. The van der Waals surface area contributed by atoms with E-state index in [-0.39, 0.29) is 30.2 Å². The number of nitrogen functional groups attached to an aromatic ring is 2. The summed E-state index contributed by atoms with van der Waals surface area (Å²) in [5.74, 6) is -2.96. The maximum atomic E-state index is 12.3. The maximum absolute atomic E-state index is 12.3. The second kappa shape index (κ2) is 9.59. The van der Waals surface area contributed by atoms with Crippen LogP contribution in [0.15, 0.2) is 24.5 Å². The number of nitrogens with zero attached hydrogens (tertiary/aromatic N) is 5. The van der Waals surface area contributed by atoms with Crippen molar-refractivity contribution in [2.45, 2.75) is 31.7 Å². The van der Waals surface area contributed by atoms with Gasteiger partial charge in [0.2, 0.25) is 5.95 Å². The number of amides is 1. The summed E-state index contributed by atoms with van der Waals surface area (Å²) in [6, 6.07) is 1.83. The van der Waals surface area contributed by atoms with Gasteiger partial charge in [0.1, 0.15) is 6.04 Å². The third kappa shape index (κ3) is 5.59. The first-order valence-corrected chi connectivity index (χ1v) is 9.48. The zero-order chi connectivity index (χ0) is 23.3. The van der Waals surface area contributed by atoms with Crippen molar-refractivity contribution in [3.8, 4) is 0 Å². The first-order valence-electron chi connectivity index (χ1n) is 9.48. The predicted octanol–water partition coefficient (Wildman–Crippen LogP) is -0.188. The van der Waals surface area contributed by atoms with E-state index in [2.05, 4.69) is 30.2 Å². The minimum Gasteiger partial charge on any atom is -0.481 e. The van der Waals surface area contributed by atoms with Crippen LogP contribution in [0.2, 0.25) is 0 Å². The van der Waals surface area contributed by atoms with Crippen LogP contribution in [0, 0.1) is 0 Å². The minimum atomic E-state index is -1.31. The van der Waals surface area contributed by atoms with Crippen LogP contribution in [-0.4, -0.2) is 59.0 Å². The van der Waals surface area contributed by atoms with Gasteiger partial charge in [0.05, 0.1) is 17.5 Å². The number of nitrogens with two attached hydrogens (primary N) is 2. The second-order valence-electron chi connectivity index (χ2n) is 6.84. The van der Waals surface area contributed by atoms with Crippen LogP contribution in [0.1, 0.15) is 34.6 Å². The number of nitrogens with one attached hydrogen (secondary N) is 1. The molecule has 0 spiro atoms. The Morgan fingerprint density at radius 3 is 2.38 bits per heavy atom. The number of carboxylic acid groups (broad SMARTS) is 2. The van der Waals surface area contributed by atoms with Gasteiger partial charge in [-0.2, -0.15) is 9.97 Å². The van der Waals surface area contributed by atoms with E-state index in [9.17, 15) is 14.4 Å². The number of carboxylic acids is 2. The molecule has 0 saturated heterocycles. The van der Waals surface area contributed by atoms with Gasteiger partial charge in [-0.05, 0) is 31.4 Å². The van der Waals surface area contributed by atoms with Crippen LogP contribution in [0.25, 0.3) is 11.2 Å². The van der Waals surface area contributed by atoms with Crippen molar-refractivity contribution in [2.24, 2.45) is 0 Å².